The Morgan fingerprint density at radius 1 is 1.18 bits per heavy atom. The first-order chi connectivity index (χ1) is 10.6. The molecule has 0 radical (unpaired) electrons. The number of Topliss-reactive ketones (excluding diaryl/α,β-unsaturated/α-hetero) is 1. The third-order valence-corrected chi connectivity index (χ3v) is 4.24. The molecule has 0 spiro atoms. The third kappa shape index (κ3) is 2.96. The molecular formula is C16H14O5S. The molecule has 0 aliphatic carbocycles. The number of rotatable bonds is 4. The number of benzene rings is 1. The highest BCUT2D eigenvalue weighted by Crippen LogP contribution is 2.30. The van der Waals surface area contributed by atoms with E-state index in [2.05, 4.69) is 0 Å². The molecule has 1 aliphatic heterocycles. The molecule has 0 amide bonds. The van der Waals surface area contributed by atoms with Gasteiger partial charge in [0.1, 0.15) is 18.1 Å². The van der Waals surface area contributed by atoms with E-state index >= 15 is 0 Å². The minimum absolute atomic E-state index is 0.278. The lowest BCUT2D eigenvalue weighted by Crippen LogP contribution is -2.17. The number of ketones is 1. The van der Waals surface area contributed by atoms with Crippen LogP contribution in [-0.4, -0.2) is 31.6 Å². The summed E-state index contributed by atoms with van der Waals surface area (Å²) in [4.78, 5) is 24.5. The van der Waals surface area contributed by atoms with Gasteiger partial charge in [0.15, 0.2) is 23.9 Å². The van der Waals surface area contributed by atoms with Gasteiger partial charge in [0.05, 0.1) is 0 Å². The fraction of sp³-hybridized carbons (Fsp3) is 0.250. The zero-order valence-corrected chi connectivity index (χ0v) is 12.8. The first-order valence-electron chi connectivity index (χ1n) is 6.79. The summed E-state index contributed by atoms with van der Waals surface area (Å²) in [7, 11) is 0. The van der Waals surface area contributed by atoms with Gasteiger partial charge in [-0.15, -0.1) is 11.3 Å². The number of hydrogen-bond acceptors (Lipinski definition) is 6. The number of thiophene rings is 1. The van der Waals surface area contributed by atoms with Crippen LogP contribution in [0.3, 0.4) is 0 Å². The lowest BCUT2D eigenvalue weighted by Gasteiger charge is -2.18. The van der Waals surface area contributed by atoms with Crippen molar-refractivity contribution in [3.63, 3.8) is 0 Å². The van der Waals surface area contributed by atoms with Crippen LogP contribution < -0.4 is 9.47 Å². The fourth-order valence-electron chi connectivity index (χ4n) is 2.08. The van der Waals surface area contributed by atoms with Gasteiger partial charge in [-0.05, 0) is 42.1 Å². The van der Waals surface area contributed by atoms with Crippen molar-refractivity contribution >= 4 is 23.1 Å². The molecule has 3 rings (SSSR count). The Bertz CT molecular complexity index is 719. The Morgan fingerprint density at radius 3 is 2.68 bits per heavy atom. The minimum atomic E-state index is -0.474. The molecule has 0 atom stereocenters. The number of carbonyl (C=O) groups is 2. The van der Waals surface area contributed by atoms with Crippen LogP contribution in [0.25, 0.3) is 0 Å². The van der Waals surface area contributed by atoms with Crippen molar-refractivity contribution < 1.29 is 23.8 Å². The van der Waals surface area contributed by atoms with E-state index < -0.39 is 5.97 Å². The smallest absolute Gasteiger partial charge is 0.349 e. The van der Waals surface area contributed by atoms with Gasteiger partial charge >= 0.3 is 5.97 Å². The van der Waals surface area contributed by atoms with Crippen LogP contribution in [0.1, 0.15) is 25.6 Å². The summed E-state index contributed by atoms with van der Waals surface area (Å²) in [6, 6.07) is 6.78. The average Bonchev–Trinajstić information content (AvgIpc) is 2.98. The highest BCUT2D eigenvalue weighted by atomic mass is 32.1. The Balaban J connectivity index is 1.65. The standard InChI is InChI=1S/C16H14O5S/c1-10-4-7-22-15(10)16(18)21-9-12(17)11-2-3-13-14(8-11)20-6-5-19-13/h2-4,7-8H,5-6,9H2,1H3. The fourth-order valence-corrected chi connectivity index (χ4v) is 2.90. The van der Waals surface area contributed by atoms with Crippen LogP contribution in [-0.2, 0) is 4.74 Å². The largest absolute Gasteiger partial charge is 0.486 e. The first kappa shape index (κ1) is 14.6. The van der Waals surface area contributed by atoms with Crippen LogP contribution in [0, 0.1) is 6.92 Å². The van der Waals surface area contributed by atoms with Gasteiger partial charge in [-0.2, -0.15) is 0 Å². The summed E-state index contributed by atoms with van der Waals surface area (Å²) in [5.41, 5.74) is 1.28. The normalized spacial score (nSPS) is 12.8. The summed E-state index contributed by atoms with van der Waals surface area (Å²) in [6.07, 6.45) is 0. The molecule has 114 valence electrons. The molecule has 0 saturated carbocycles. The number of ether oxygens (including phenoxy) is 3. The van der Waals surface area contributed by atoms with Gasteiger partial charge in [0.25, 0.3) is 0 Å². The summed E-state index contributed by atoms with van der Waals surface area (Å²) in [6.45, 7) is 2.49. The molecule has 2 aromatic rings. The monoisotopic (exact) mass is 318 g/mol. The van der Waals surface area contributed by atoms with E-state index in [9.17, 15) is 9.59 Å². The van der Waals surface area contributed by atoms with Crippen molar-refractivity contribution in [3.8, 4) is 11.5 Å². The third-order valence-electron chi connectivity index (χ3n) is 3.25. The maximum Gasteiger partial charge on any atom is 0.349 e. The molecule has 22 heavy (non-hydrogen) atoms. The predicted octanol–water partition coefficient (Wildman–Crippen LogP) is 2.87. The molecule has 5 nitrogen and oxygen atoms in total. The summed E-state index contributed by atoms with van der Waals surface area (Å²) in [5.74, 6) is 0.407. The highest BCUT2D eigenvalue weighted by Gasteiger charge is 2.17. The van der Waals surface area contributed by atoms with E-state index in [0.717, 1.165) is 5.56 Å². The first-order valence-corrected chi connectivity index (χ1v) is 7.67. The van der Waals surface area contributed by atoms with Crippen molar-refractivity contribution in [2.75, 3.05) is 19.8 Å². The van der Waals surface area contributed by atoms with E-state index in [1.807, 2.05) is 18.4 Å². The Labute approximate surface area is 131 Å². The predicted molar refractivity (Wildman–Crippen MR) is 81.1 cm³/mol. The molecule has 1 aliphatic rings. The Morgan fingerprint density at radius 2 is 1.95 bits per heavy atom. The van der Waals surface area contributed by atoms with Crippen molar-refractivity contribution in [3.05, 3.63) is 45.6 Å². The molecule has 0 N–H and O–H groups in total. The van der Waals surface area contributed by atoms with Crippen LogP contribution >= 0.6 is 11.3 Å². The van der Waals surface area contributed by atoms with Crippen LogP contribution in [0.2, 0.25) is 0 Å². The summed E-state index contributed by atoms with van der Waals surface area (Å²) < 4.78 is 15.9. The highest BCUT2D eigenvalue weighted by molar-refractivity contribution is 7.12. The van der Waals surface area contributed by atoms with Crippen LogP contribution in [0.5, 0.6) is 11.5 Å². The lowest BCUT2D eigenvalue weighted by molar-refractivity contribution is 0.0479. The van der Waals surface area contributed by atoms with Gasteiger partial charge in [-0.3, -0.25) is 4.79 Å². The Hall–Kier alpha value is -2.34. The van der Waals surface area contributed by atoms with Crippen molar-refractivity contribution in [2.24, 2.45) is 0 Å². The number of fused-ring (bicyclic) bond motifs is 1. The molecule has 6 heteroatoms. The zero-order valence-electron chi connectivity index (χ0n) is 12.0. The lowest BCUT2D eigenvalue weighted by atomic mass is 10.1. The van der Waals surface area contributed by atoms with E-state index in [-0.39, 0.29) is 12.4 Å². The molecule has 0 unspecified atom stereocenters. The van der Waals surface area contributed by atoms with Gasteiger partial charge < -0.3 is 14.2 Å². The molecular weight excluding hydrogens is 304 g/mol. The molecule has 1 aromatic heterocycles. The second-order valence-electron chi connectivity index (χ2n) is 4.79. The van der Waals surface area contributed by atoms with Gasteiger partial charge in [0, 0.05) is 5.56 Å². The van der Waals surface area contributed by atoms with E-state index in [4.69, 9.17) is 14.2 Å². The molecule has 0 fully saturated rings. The number of carbonyl (C=O) groups excluding carboxylic acids is 2. The summed E-state index contributed by atoms with van der Waals surface area (Å²) in [5, 5.41) is 1.81. The Kier molecular flexibility index (Phi) is 4.11. The van der Waals surface area contributed by atoms with Crippen LogP contribution in [0.15, 0.2) is 29.6 Å². The SMILES string of the molecule is Cc1ccsc1C(=O)OCC(=O)c1ccc2c(c1)OCCO2. The van der Waals surface area contributed by atoms with Gasteiger partial charge in [-0.1, -0.05) is 0 Å². The van der Waals surface area contributed by atoms with Crippen LogP contribution in [0.4, 0.5) is 0 Å². The van der Waals surface area contributed by atoms with E-state index in [1.165, 1.54) is 11.3 Å². The second-order valence-corrected chi connectivity index (χ2v) is 5.71. The number of aryl methyl sites for hydroxylation is 1. The number of hydrogen-bond donors (Lipinski definition) is 0. The number of esters is 1. The molecule has 2 heterocycles. The van der Waals surface area contributed by atoms with Gasteiger partial charge in [-0.25, -0.2) is 4.79 Å². The molecule has 1 aromatic carbocycles. The molecule has 0 bridgehead atoms. The van der Waals surface area contributed by atoms with Crippen molar-refractivity contribution in [2.45, 2.75) is 6.92 Å². The minimum Gasteiger partial charge on any atom is -0.486 e. The van der Waals surface area contributed by atoms with Crippen molar-refractivity contribution in [1.29, 1.82) is 0 Å². The van der Waals surface area contributed by atoms with Crippen molar-refractivity contribution in [1.82, 2.24) is 0 Å². The maximum atomic E-state index is 12.1. The summed E-state index contributed by atoms with van der Waals surface area (Å²) >= 11 is 1.30. The van der Waals surface area contributed by atoms with E-state index in [1.54, 1.807) is 18.2 Å². The maximum absolute atomic E-state index is 12.1. The zero-order chi connectivity index (χ0) is 15.5. The quantitative estimate of drug-likeness (QED) is 0.641. The van der Waals surface area contributed by atoms with Gasteiger partial charge in [0.2, 0.25) is 0 Å². The average molecular weight is 318 g/mol. The second kappa shape index (κ2) is 6.19. The molecule has 0 saturated heterocycles. The topological polar surface area (TPSA) is 61.8 Å². The van der Waals surface area contributed by atoms with E-state index in [0.29, 0.717) is 35.2 Å².